The van der Waals surface area contributed by atoms with Gasteiger partial charge in [-0.1, -0.05) is 30.3 Å². The third kappa shape index (κ3) is 3.28. The van der Waals surface area contributed by atoms with Crippen LogP contribution in [0.4, 0.5) is 15.8 Å². The lowest BCUT2D eigenvalue weighted by Gasteiger charge is -2.48. The maximum Gasteiger partial charge on any atom is 0.125 e. The second-order valence-corrected chi connectivity index (χ2v) is 8.74. The van der Waals surface area contributed by atoms with E-state index in [0.717, 1.165) is 31.6 Å². The van der Waals surface area contributed by atoms with Crippen molar-refractivity contribution in [1.82, 2.24) is 4.90 Å². The Bertz CT molecular complexity index is 829. The van der Waals surface area contributed by atoms with Gasteiger partial charge in [-0.25, -0.2) is 4.39 Å². The number of rotatable bonds is 3. The number of hydrogen-bond donors (Lipinski definition) is 1. The molecule has 4 heteroatoms. The molecule has 1 fully saturated rings. The van der Waals surface area contributed by atoms with Crippen molar-refractivity contribution in [3.8, 4) is 0 Å². The summed E-state index contributed by atoms with van der Waals surface area (Å²) in [5, 5.41) is 3.61. The van der Waals surface area contributed by atoms with Crippen molar-refractivity contribution in [2.75, 3.05) is 36.4 Å². The fourth-order valence-corrected chi connectivity index (χ4v) is 5.49. The van der Waals surface area contributed by atoms with Crippen molar-refractivity contribution in [1.29, 1.82) is 0 Å². The zero-order valence-electron chi connectivity index (χ0n) is 16.7. The minimum absolute atomic E-state index is 0.114. The second kappa shape index (κ2) is 7.40. The van der Waals surface area contributed by atoms with Crippen LogP contribution in [0.3, 0.4) is 0 Å². The predicted molar refractivity (Wildman–Crippen MR) is 114 cm³/mol. The molecule has 0 bridgehead atoms. The van der Waals surface area contributed by atoms with Gasteiger partial charge in [0.25, 0.3) is 0 Å². The topological polar surface area (TPSA) is 18.5 Å². The van der Waals surface area contributed by atoms with Gasteiger partial charge in [0.2, 0.25) is 0 Å². The molecule has 2 aromatic rings. The Hall–Kier alpha value is -2.07. The molecular formula is C24H30FN3. The van der Waals surface area contributed by atoms with Gasteiger partial charge >= 0.3 is 0 Å². The summed E-state index contributed by atoms with van der Waals surface area (Å²) in [5.41, 5.74) is 4.91. The van der Waals surface area contributed by atoms with Gasteiger partial charge in [0.05, 0.1) is 17.4 Å². The summed E-state index contributed by atoms with van der Waals surface area (Å²) >= 11 is 0. The summed E-state index contributed by atoms with van der Waals surface area (Å²) in [4.78, 5) is 5.21. The zero-order chi connectivity index (χ0) is 19.1. The Labute approximate surface area is 167 Å². The smallest absolute Gasteiger partial charge is 0.125 e. The van der Waals surface area contributed by atoms with E-state index >= 15 is 0 Å². The molecule has 0 amide bonds. The molecule has 3 aliphatic heterocycles. The van der Waals surface area contributed by atoms with Gasteiger partial charge in [-0.2, -0.15) is 0 Å². The van der Waals surface area contributed by atoms with Crippen LogP contribution in [-0.4, -0.2) is 43.2 Å². The van der Waals surface area contributed by atoms with Gasteiger partial charge in [-0.15, -0.1) is 0 Å². The summed E-state index contributed by atoms with van der Waals surface area (Å²) in [6, 6.07) is 15.2. The third-order valence-corrected chi connectivity index (χ3v) is 6.95. The van der Waals surface area contributed by atoms with Crippen molar-refractivity contribution in [3.63, 3.8) is 0 Å². The van der Waals surface area contributed by atoms with E-state index < -0.39 is 0 Å². The predicted octanol–water partition coefficient (Wildman–Crippen LogP) is 4.64. The minimum atomic E-state index is -0.114. The maximum atomic E-state index is 14.0. The van der Waals surface area contributed by atoms with Gasteiger partial charge in [0, 0.05) is 19.1 Å². The quantitative estimate of drug-likeness (QED) is 0.838. The maximum absolute atomic E-state index is 14.0. The largest absolute Gasteiger partial charge is 0.379 e. The summed E-state index contributed by atoms with van der Waals surface area (Å²) in [6.07, 6.45) is 4.59. The van der Waals surface area contributed by atoms with Crippen molar-refractivity contribution in [2.24, 2.45) is 0 Å². The highest BCUT2D eigenvalue weighted by molar-refractivity contribution is 5.78. The molecule has 0 aromatic heterocycles. The number of hydrogen-bond acceptors (Lipinski definition) is 3. The van der Waals surface area contributed by atoms with E-state index in [1.54, 1.807) is 12.1 Å². The van der Waals surface area contributed by atoms with E-state index in [9.17, 15) is 4.39 Å². The van der Waals surface area contributed by atoms with E-state index in [1.807, 2.05) is 0 Å². The van der Waals surface area contributed by atoms with Crippen molar-refractivity contribution in [2.45, 2.75) is 50.6 Å². The van der Waals surface area contributed by atoms with Gasteiger partial charge in [0.15, 0.2) is 0 Å². The molecule has 0 saturated carbocycles. The van der Waals surface area contributed by atoms with Crippen molar-refractivity contribution >= 4 is 11.4 Å². The van der Waals surface area contributed by atoms with Gasteiger partial charge in [0.1, 0.15) is 5.82 Å². The average Bonchev–Trinajstić information content (AvgIpc) is 2.72. The van der Waals surface area contributed by atoms with E-state index in [0.29, 0.717) is 18.0 Å². The van der Waals surface area contributed by atoms with Crippen LogP contribution in [0.2, 0.25) is 0 Å². The zero-order valence-corrected chi connectivity index (χ0v) is 16.7. The van der Waals surface area contributed by atoms with Crippen LogP contribution >= 0.6 is 0 Å². The first-order chi connectivity index (χ1) is 13.7. The molecule has 28 heavy (non-hydrogen) atoms. The first kappa shape index (κ1) is 18.0. The van der Waals surface area contributed by atoms with Crippen molar-refractivity contribution < 1.29 is 4.39 Å². The highest BCUT2D eigenvalue weighted by Gasteiger charge is 2.36. The molecule has 148 valence electrons. The van der Waals surface area contributed by atoms with E-state index in [2.05, 4.69) is 52.4 Å². The molecule has 0 radical (unpaired) electrons. The van der Waals surface area contributed by atoms with Crippen LogP contribution in [0.15, 0.2) is 42.5 Å². The number of aryl methyl sites for hydroxylation is 1. The summed E-state index contributed by atoms with van der Waals surface area (Å²) in [6.45, 7) is 6.76. The molecule has 2 unspecified atom stereocenters. The molecule has 2 atom stereocenters. The van der Waals surface area contributed by atoms with Crippen LogP contribution in [0, 0.1) is 5.82 Å². The monoisotopic (exact) mass is 379 g/mol. The van der Waals surface area contributed by atoms with Crippen LogP contribution in [-0.2, 0) is 6.42 Å². The number of piperidine rings is 1. The molecule has 0 aliphatic carbocycles. The molecule has 3 heterocycles. The standard InChI is InChI=1S/C24H30FN3/c1-17-23(16-27-12-9-19(10-13-27)18-6-3-2-4-7-18)28-11-5-8-20-14-21(25)15-22(26-17)24(20)28/h2-4,6-7,14-15,17,19,23,26H,5,8-13,16H2,1H3. The molecule has 2 aromatic carbocycles. The normalized spacial score (nSPS) is 25.3. The van der Waals surface area contributed by atoms with Crippen molar-refractivity contribution in [3.05, 3.63) is 59.4 Å². The summed E-state index contributed by atoms with van der Waals surface area (Å²) in [7, 11) is 0. The number of halogens is 1. The molecule has 3 aliphatic rings. The lowest BCUT2D eigenvalue weighted by Crippen LogP contribution is -2.57. The highest BCUT2D eigenvalue weighted by atomic mass is 19.1. The van der Waals surface area contributed by atoms with Crippen LogP contribution < -0.4 is 10.2 Å². The Morgan fingerprint density at radius 2 is 1.86 bits per heavy atom. The Morgan fingerprint density at radius 3 is 2.64 bits per heavy atom. The highest BCUT2D eigenvalue weighted by Crippen LogP contribution is 2.41. The molecule has 5 rings (SSSR count). The number of nitrogens with zero attached hydrogens (tertiary/aromatic N) is 2. The average molecular weight is 380 g/mol. The SMILES string of the molecule is CC1Nc2cc(F)cc3c2N(CCC3)C1CN1CCC(c2ccccc2)CC1. The Balaban J connectivity index is 1.30. The summed E-state index contributed by atoms with van der Waals surface area (Å²) < 4.78 is 14.0. The van der Waals surface area contributed by atoms with E-state index in [4.69, 9.17) is 0 Å². The Morgan fingerprint density at radius 1 is 1.07 bits per heavy atom. The van der Waals surface area contributed by atoms with Crippen LogP contribution in [0.25, 0.3) is 0 Å². The number of nitrogens with one attached hydrogen (secondary N) is 1. The van der Waals surface area contributed by atoms with Gasteiger partial charge in [-0.05, 0) is 74.9 Å². The van der Waals surface area contributed by atoms with Gasteiger partial charge in [-0.3, -0.25) is 0 Å². The number of benzene rings is 2. The first-order valence-electron chi connectivity index (χ1n) is 10.8. The lowest BCUT2D eigenvalue weighted by molar-refractivity contribution is 0.192. The fraction of sp³-hybridized carbons (Fsp3) is 0.500. The van der Waals surface area contributed by atoms with E-state index in [1.165, 1.54) is 42.7 Å². The fourth-order valence-electron chi connectivity index (χ4n) is 5.49. The first-order valence-corrected chi connectivity index (χ1v) is 10.8. The minimum Gasteiger partial charge on any atom is -0.379 e. The molecule has 1 saturated heterocycles. The van der Waals surface area contributed by atoms with Crippen LogP contribution in [0.5, 0.6) is 0 Å². The molecule has 1 N–H and O–H groups in total. The number of anilines is 2. The van der Waals surface area contributed by atoms with Gasteiger partial charge < -0.3 is 15.1 Å². The van der Waals surface area contributed by atoms with E-state index in [-0.39, 0.29) is 5.82 Å². The molecule has 3 nitrogen and oxygen atoms in total. The summed E-state index contributed by atoms with van der Waals surface area (Å²) in [5.74, 6) is 0.585. The molecule has 0 spiro atoms. The lowest BCUT2D eigenvalue weighted by atomic mass is 9.88. The second-order valence-electron chi connectivity index (χ2n) is 8.74. The Kier molecular flexibility index (Phi) is 4.75. The molecular weight excluding hydrogens is 349 g/mol. The third-order valence-electron chi connectivity index (χ3n) is 6.95. The van der Waals surface area contributed by atoms with Crippen LogP contribution in [0.1, 0.15) is 43.2 Å². The number of likely N-dealkylation sites (tertiary alicyclic amines) is 1.